The quantitative estimate of drug-likeness (QED) is 0.797. The standard InChI is InChI=1S/C20H21NO3/c21-24-13-16-8-4-5-9-17(16)19-15(10-11-18(19)20(22)23)12-14-6-2-1-3-7-14/h1-9,15H,10-13,21H2,(H,22,23). The molecule has 0 radical (unpaired) electrons. The van der Waals surface area contributed by atoms with E-state index >= 15 is 0 Å². The summed E-state index contributed by atoms with van der Waals surface area (Å²) in [7, 11) is 0. The van der Waals surface area contributed by atoms with Crippen LogP contribution in [-0.2, 0) is 22.7 Å². The first-order valence-corrected chi connectivity index (χ1v) is 8.11. The lowest BCUT2D eigenvalue weighted by Gasteiger charge is -2.18. The second-order valence-electron chi connectivity index (χ2n) is 6.09. The molecule has 3 rings (SSSR count). The molecule has 0 aliphatic heterocycles. The Balaban J connectivity index is 2.02. The van der Waals surface area contributed by atoms with Gasteiger partial charge in [0.2, 0.25) is 0 Å². The van der Waals surface area contributed by atoms with Crippen molar-refractivity contribution in [1.82, 2.24) is 0 Å². The van der Waals surface area contributed by atoms with E-state index < -0.39 is 5.97 Å². The number of hydrogen-bond acceptors (Lipinski definition) is 3. The fourth-order valence-corrected chi connectivity index (χ4v) is 3.55. The van der Waals surface area contributed by atoms with Crippen LogP contribution in [0.2, 0.25) is 0 Å². The Bertz CT molecular complexity index is 752. The summed E-state index contributed by atoms with van der Waals surface area (Å²) in [4.78, 5) is 16.5. The zero-order valence-electron chi connectivity index (χ0n) is 13.4. The second-order valence-corrected chi connectivity index (χ2v) is 6.09. The van der Waals surface area contributed by atoms with E-state index in [0.717, 1.165) is 29.5 Å². The minimum absolute atomic E-state index is 0.192. The average molecular weight is 323 g/mol. The van der Waals surface area contributed by atoms with Crippen LogP contribution in [0.3, 0.4) is 0 Å². The van der Waals surface area contributed by atoms with Crippen molar-refractivity contribution in [3.8, 4) is 0 Å². The summed E-state index contributed by atoms with van der Waals surface area (Å²) in [6.07, 6.45) is 2.29. The van der Waals surface area contributed by atoms with Crippen LogP contribution in [-0.4, -0.2) is 11.1 Å². The molecule has 0 saturated heterocycles. The molecule has 0 bridgehead atoms. The summed E-state index contributed by atoms with van der Waals surface area (Å²) < 4.78 is 0. The minimum Gasteiger partial charge on any atom is -0.478 e. The monoisotopic (exact) mass is 323 g/mol. The summed E-state index contributed by atoms with van der Waals surface area (Å²) in [6.45, 7) is 0.268. The molecule has 0 aromatic heterocycles. The van der Waals surface area contributed by atoms with Crippen LogP contribution in [0.1, 0.15) is 29.5 Å². The molecule has 2 aromatic rings. The van der Waals surface area contributed by atoms with Gasteiger partial charge in [-0.05, 0) is 47.4 Å². The van der Waals surface area contributed by atoms with Crippen molar-refractivity contribution in [1.29, 1.82) is 0 Å². The van der Waals surface area contributed by atoms with Crippen molar-refractivity contribution in [3.63, 3.8) is 0 Å². The maximum atomic E-state index is 11.7. The summed E-state index contributed by atoms with van der Waals surface area (Å²) in [6, 6.07) is 18.0. The molecule has 0 saturated carbocycles. The lowest BCUT2D eigenvalue weighted by atomic mass is 9.86. The molecule has 0 amide bonds. The van der Waals surface area contributed by atoms with Gasteiger partial charge in [0.05, 0.1) is 6.61 Å². The molecule has 1 unspecified atom stereocenters. The first-order chi connectivity index (χ1) is 11.7. The summed E-state index contributed by atoms with van der Waals surface area (Å²) in [5.41, 5.74) is 4.53. The Labute approximate surface area is 141 Å². The maximum Gasteiger partial charge on any atom is 0.331 e. The molecular weight excluding hydrogens is 302 g/mol. The zero-order chi connectivity index (χ0) is 16.9. The number of benzene rings is 2. The van der Waals surface area contributed by atoms with Crippen LogP contribution < -0.4 is 5.90 Å². The van der Waals surface area contributed by atoms with Gasteiger partial charge in [0.1, 0.15) is 0 Å². The third kappa shape index (κ3) is 3.40. The Kier molecular flexibility index (Phi) is 5.08. The normalized spacial score (nSPS) is 17.3. The molecule has 1 aliphatic rings. The molecule has 0 spiro atoms. The van der Waals surface area contributed by atoms with Crippen LogP contribution in [0, 0.1) is 5.92 Å². The van der Waals surface area contributed by atoms with Crippen LogP contribution in [0.5, 0.6) is 0 Å². The summed E-state index contributed by atoms with van der Waals surface area (Å²) >= 11 is 0. The Morgan fingerprint density at radius 2 is 1.83 bits per heavy atom. The van der Waals surface area contributed by atoms with Crippen molar-refractivity contribution in [2.75, 3.05) is 0 Å². The predicted molar refractivity (Wildman–Crippen MR) is 92.8 cm³/mol. The van der Waals surface area contributed by atoms with E-state index in [1.54, 1.807) is 0 Å². The van der Waals surface area contributed by atoms with E-state index in [2.05, 4.69) is 12.1 Å². The maximum absolute atomic E-state index is 11.7. The number of carbonyl (C=O) groups is 1. The van der Waals surface area contributed by atoms with Gasteiger partial charge < -0.3 is 5.11 Å². The van der Waals surface area contributed by atoms with E-state index in [9.17, 15) is 9.90 Å². The lowest BCUT2D eigenvalue weighted by molar-refractivity contribution is -0.132. The highest BCUT2D eigenvalue weighted by Crippen LogP contribution is 2.42. The molecule has 4 nitrogen and oxygen atoms in total. The topological polar surface area (TPSA) is 72.5 Å². The summed E-state index contributed by atoms with van der Waals surface area (Å²) in [5.74, 6) is 4.61. The van der Waals surface area contributed by atoms with E-state index in [1.165, 1.54) is 5.56 Å². The zero-order valence-corrected chi connectivity index (χ0v) is 13.4. The number of hydrogen-bond donors (Lipinski definition) is 2. The Morgan fingerprint density at radius 1 is 1.12 bits per heavy atom. The van der Waals surface area contributed by atoms with Gasteiger partial charge in [-0.25, -0.2) is 10.7 Å². The fraction of sp³-hybridized carbons (Fsp3) is 0.250. The van der Waals surface area contributed by atoms with Gasteiger partial charge in [-0.2, -0.15) is 0 Å². The van der Waals surface area contributed by atoms with E-state index in [1.807, 2.05) is 42.5 Å². The third-order valence-corrected chi connectivity index (χ3v) is 4.61. The number of nitrogens with two attached hydrogens (primary N) is 1. The van der Waals surface area contributed by atoms with Crippen LogP contribution in [0.25, 0.3) is 5.57 Å². The molecule has 4 heteroatoms. The molecule has 24 heavy (non-hydrogen) atoms. The first-order valence-electron chi connectivity index (χ1n) is 8.11. The van der Waals surface area contributed by atoms with Crippen molar-refractivity contribution >= 4 is 11.5 Å². The third-order valence-electron chi connectivity index (χ3n) is 4.61. The first kappa shape index (κ1) is 16.4. The van der Waals surface area contributed by atoms with Gasteiger partial charge in [0.25, 0.3) is 0 Å². The van der Waals surface area contributed by atoms with Crippen molar-refractivity contribution in [2.45, 2.75) is 25.9 Å². The van der Waals surface area contributed by atoms with Crippen molar-refractivity contribution in [2.24, 2.45) is 11.8 Å². The van der Waals surface area contributed by atoms with E-state index in [-0.39, 0.29) is 12.5 Å². The lowest BCUT2D eigenvalue weighted by Crippen LogP contribution is -2.09. The molecular formula is C20H21NO3. The van der Waals surface area contributed by atoms with Gasteiger partial charge >= 0.3 is 5.97 Å². The molecule has 0 fully saturated rings. The number of rotatable bonds is 6. The molecule has 124 valence electrons. The van der Waals surface area contributed by atoms with Gasteiger partial charge in [-0.15, -0.1) is 0 Å². The van der Waals surface area contributed by atoms with Crippen LogP contribution in [0.4, 0.5) is 0 Å². The van der Waals surface area contributed by atoms with Crippen LogP contribution >= 0.6 is 0 Å². The highest BCUT2D eigenvalue weighted by atomic mass is 16.6. The largest absolute Gasteiger partial charge is 0.478 e. The van der Waals surface area contributed by atoms with Gasteiger partial charge in [-0.3, -0.25) is 4.84 Å². The van der Waals surface area contributed by atoms with Crippen molar-refractivity contribution in [3.05, 3.63) is 76.9 Å². The molecule has 1 atom stereocenters. The van der Waals surface area contributed by atoms with Crippen LogP contribution in [0.15, 0.2) is 60.2 Å². The number of carboxylic acid groups (broad SMARTS) is 1. The van der Waals surface area contributed by atoms with Gasteiger partial charge in [0.15, 0.2) is 0 Å². The molecule has 0 heterocycles. The Hall–Kier alpha value is -2.43. The minimum atomic E-state index is -0.830. The van der Waals surface area contributed by atoms with Crippen molar-refractivity contribution < 1.29 is 14.7 Å². The number of aliphatic carboxylic acids is 1. The van der Waals surface area contributed by atoms with E-state index in [0.29, 0.717) is 12.0 Å². The molecule has 2 aromatic carbocycles. The predicted octanol–water partition coefficient (Wildman–Crippen LogP) is 3.57. The highest BCUT2D eigenvalue weighted by Gasteiger charge is 2.31. The van der Waals surface area contributed by atoms with Gasteiger partial charge in [0, 0.05) is 5.57 Å². The highest BCUT2D eigenvalue weighted by molar-refractivity contribution is 5.98. The number of carboxylic acids is 1. The Morgan fingerprint density at radius 3 is 2.54 bits per heavy atom. The summed E-state index contributed by atoms with van der Waals surface area (Å²) in [5, 5.41) is 9.64. The fourth-order valence-electron chi connectivity index (χ4n) is 3.55. The van der Waals surface area contributed by atoms with Gasteiger partial charge in [-0.1, -0.05) is 54.6 Å². The second kappa shape index (κ2) is 7.43. The molecule has 1 aliphatic carbocycles. The SMILES string of the molecule is NOCc1ccccc1C1=C(C(=O)O)CCC1Cc1ccccc1. The van der Waals surface area contributed by atoms with E-state index in [4.69, 9.17) is 10.7 Å². The smallest absolute Gasteiger partial charge is 0.331 e. The molecule has 3 N–H and O–H groups in total. The number of allylic oxidation sites excluding steroid dienone is 1. The average Bonchev–Trinajstić information content (AvgIpc) is 3.00.